The predicted octanol–water partition coefficient (Wildman–Crippen LogP) is 3.41. The molecule has 0 radical (unpaired) electrons. The van der Waals surface area contributed by atoms with Crippen LogP contribution in [0.15, 0.2) is 59.1 Å². The molecule has 4 nitrogen and oxygen atoms in total. The molecule has 0 aliphatic heterocycles. The van der Waals surface area contributed by atoms with E-state index in [0.29, 0.717) is 26.2 Å². The highest BCUT2D eigenvalue weighted by molar-refractivity contribution is 9.10. The summed E-state index contributed by atoms with van der Waals surface area (Å²) in [7, 11) is 0. The van der Waals surface area contributed by atoms with Gasteiger partial charge in [-0.3, -0.25) is 4.79 Å². The SMILES string of the molecule is O=C(CCOc1ccccc1)NCCOc1ccccc1Br. The van der Waals surface area contributed by atoms with Gasteiger partial charge in [-0.25, -0.2) is 0 Å². The molecule has 0 spiro atoms. The zero-order chi connectivity index (χ0) is 15.6. The Bertz CT molecular complexity index is 589. The van der Waals surface area contributed by atoms with Gasteiger partial charge >= 0.3 is 0 Å². The van der Waals surface area contributed by atoms with Crippen LogP contribution in [0.1, 0.15) is 6.42 Å². The maximum absolute atomic E-state index is 11.7. The number of para-hydroxylation sites is 2. The van der Waals surface area contributed by atoms with Crippen LogP contribution >= 0.6 is 15.9 Å². The summed E-state index contributed by atoms with van der Waals surface area (Å²) in [6.07, 6.45) is 0.323. The number of halogens is 1. The van der Waals surface area contributed by atoms with Crippen molar-refractivity contribution < 1.29 is 14.3 Å². The van der Waals surface area contributed by atoms with Crippen molar-refractivity contribution in [3.05, 3.63) is 59.1 Å². The molecule has 0 bridgehead atoms. The largest absolute Gasteiger partial charge is 0.493 e. The van der Waals surface area contributed by atoms with Crippen molar-refractivity contribution in [2.24, 2.45) is 0 Å². The molecule has 0 heterocycles. The first kappa shape index (κ1) is 16.4. The van der Waals surface area contributed by atoms with Crippen LogP contribution in [0.2, 0.25) is 0 Å². The summed E-state index contributed by atoms with van der Waals surface area (Å²) in [5.41, 5.74) is 0. The van der Waals surface area contributed by atoms with E-state index in [4.69, 9.17) is 9.47 Å². The summed E-state index contributed by atoms with van der Waals surface area (Å²) in [5, 5.41) is 2.80. The lowest BCUT2D eigenvalue weighted by Crippen LogP contribution is -2.29. The highest BCUT2D eigenvalue weighted by Crippen LogP contribution is 2.23. The molecule has 0 aliphatic carbocycles. The monoisotopic (exact) mass is 363 g/mol. The minimum atomic E-state index is -0.0494. The molecule has 0 saturated carbocycles. The van der Waals surface area contributed by atoms with Crippen molar-refractivity contribution in [1.82, 2.24) is 5.32 Å². The number of nitrogens with one attached hydrogen (secondary N) is 1. The van der Waals surface area contributed by atoms with Gasteiger partial charge in [0.05, 0.1) is 24.0 Å². The van der Waals surface area contributed by atoms with Crippen LogP contribution in [-0.4, -0.2) is 25.7 Å². The van der Waals surface area contributed by atoms with Gasteiger partial charge in [-0.15, -0.1) is 0 Å². The van der Waals surface area contributed by atoms with Crippen LogP contribution in [-0.2, 0) is 4.79 Å². The zero-order valence-corrected chi connectivity index (χ0v) is 13.7. The van der Waals surface area contributed by atoms with E-state index in [2.05, 4.69) is 21.2 Å². The Labute approximate surface area is 138 Å². The Morgan fingerprint density at radius 2 is 1.68 bits per heavy atom. The molecular weight excluding hydrogens is 346 g/mol. The van der Waals surface area contributed by atoms with E-state index in [0.717, 1.165) is 16.0 Å². The number of ether oxygens (including phenoxy) is 2. The van der Waals surface area contributed by atoms with Gasteiger partial charge in [0.25, 0.3) is 0 Å². The fourth-order valence-corrected chi connectivity index (χ4v) is 2.18. The van der Waals surface area contributed by atoms with E-state index < -0.39 is 0 Å². The van der Waals surface area contributed by atoms with Crippen molar-refractivity contribution in [3.63, 3.8) is 0 Å². The smallest absolute Gasteiger partial charge is 0.223 e. The van der Waals surface area contributed by atoms with E-state index in [1.54, 1.807) is 0 Å². The van der Waals surface area contributed by atoms with Gasteiger partial charge in [-0.1, -0.05) is 30.3 Å². The number of hydrogen-bond acceptors (Lipinski definition) is 3. The first-order valence-electron chi connectivity index (χ1n) is 7.07. The molecule has 0 fully saturated rings. The Morgan fingerprint density at radius 3 is 2.45 bits per heavy atom. The maximum Gasteiger partial charge on any atom is 0.223 e. The van der Waals surface area contributed by atoms with Crippen LogP contribution in [0, 0.1) is 0 Å². The molecular formula is C17H18BrNO3. The third kappa shape index (κ3) is 5.77. The first-order valence-corrected chi connectivity index (χ1v) is 7.87. The predicted molar refractivity (Wildman–Crippen MR) is 89.2 cm³/mol. The molecule has 1 amide bonds. The van der Waals surface area contributed by atoms with Crippen LogP contribution in [0.3, 0.4) is 0 Å². The second-order valence-electron chi connectivity index (χ2n) is 4.54. The van der Waals surface area contributed by atoms with E-state index in [-0.39, 0.29) is 5.91 Å². The highest BCUT2D eigenvalue weighted by Gasteiger charge is 2.03. The lowest BCUT2D eigenvalue weighted by Gasteiger charge is -2.09. The standard InChI is InChI=1S/C17H18BrNO3/c18-15-8-4-5-9-16(15)22-13-11-19-17(20)10-12-21-14-6-2-1-3-7-14/h1-9H,10-13H2,(H,19,20). The lowest BCUT2D eigenvalue weighted by atomic mass is 10.3. The highest BCUT2D eigenvalue weighted by atomic mass is 79.9. The van der Waals surface area contributed by atoms with Crippen LogP contribution in [0.5, 0.6) is 11.5 Å². The van der Waals surface area contributed by atoms with E-state index in [1.807, 2.05) is 54.6 Å². The van der Waals surface area contributed by atoms with Gasteiger partial charge in [-0.05, 0) is 40.2 Å². The lowest BCUT2D eigenvalue weighted by molar-refractivity contribution is -0.121. The summed E-state index contributed by atoms with van der Waals surface area (Å²) in [4.78, 5) is 11.7. The number of carbonyl (C=O) groups excluding carboxylic acids is 1. The summed E-state index contributed by atoms with van der Waals surface area (Å²) in [6, 6.07) is 17.1. The Morgan fingerprint density at radius 1 is 0.955 bits per heavy atom. The number of rotatable bonds is 8. The number of amides is 1. The summed E-state index contributed by atoms with van der Waals surface area (Å²) in [6.45, 7) is 1.25. The van der Waals surface area contributed by atoms with Crippen molar-refractivity contribution in [1.29, 1.82) is 0 Å². The molecule has 0 saturated heterocycles. The van der Waals surface area contributed by atoms with E-state index >= 15 is 0 Å². The normalized spacial score (nSPS) is 10.0. The molecule has 5 heteroatoms. The molecule has 22 heavy (non-hydrogen) atoms. The topological polar surface area (TPSA) is 47.6 Å². The molecule has 0 atom stereocenters. The first-order chi connectivity index (χ1) is 10.8. The average molecular weight is 364 g/mol. The van der Waals surface area contributed by atoms with Gasteiger partial charge in [0.1, 0.15) is 18.1 Å². The maximum atomic E-state index is 11.7. The summed E-state index contributed by atoms with van der Waals surface area (Å²) >= 11 is 3.40. The Balaban J connectivity index is 1.57. The average Bonchev–Trinajstić information content (AvgIpc) is 2.54. The molecule has 0 unspecified atom stereocenters. The Kier molecular flexibility index (Phi) is 6.77. The third-order valence-electron chi connectivity index (χ3n) is 2.86. The van der Waals surface area contributed by atoms with E-state index in [9.17, 15) is 4.79 Å². The molecule has 2 rings (SSSR count). The second kappa shape index (κ2) is 9.10. The zero-order valence-electron chi connectivity index (χ0n) is 12.1. The number of carbonyl (C=O) groups is 1. The third-order valence-corrected chi connectivity index (χ3v) is 3.51. The summed E-state index contributed by atoms with van der Waals surface area (Å²) in [5.74, 6) is 1.49. The quantitative estimate of drug-likeness (QED) is 0.731. The molecule has 1 N–H and O–H groups in total. The fraction of sp³-hybridized carbons (Fsp3) is 0.235. The second-order valence-corrected chi connectivity index (χ2v) is 5.39. The molecule has 116 valence electrons. The van der Waals surface area contributed by atoms with Crippen molar-refractivity contribution in [2.75, 3.05) is 19.8 Å². The van der Waals surface area contributed by atoms with Gasteiger partial charge in [0.15, 0.2) is 0 Å². The van der Waals surface area contributed by atoms with Crippen LogP contribution in [0.25, 0.3) is 0 Å². The van der Waals surface area contributed by atoms with Gasteiger partial charge in [0.2, 0.25) is 5.91 Å². The van der Waals surface area contributed by atoms with Crippen LogP contribution in [0.4, 0.5) is 0 Å². The van der Waals surface area contributed by atoms with E-state index in [1.165, 1.54) is 0 Å². The van der Waals surface area contributed by atoms with Gasteiger partial charge < -0.3 is 14.8 Å². The van der Waals surface area contributed by atoms with Gasteiger partial charge in [0, 0.05) is 0 Å². The Hall–Kier alpha value is -2.01. The van der Waals surface area contributed by atoms with Crippen molar-refractivity contribution >= 4 is 21.8 Å². The van der Waals surface area contributed by atoms with Crippen LogP contribution < -0.4 is 14.8 Å². The molecule has 0 aromatic heterocycles. The van der Waals surface area contributed by atoms with Gasteiger partial charge in [-0.2, -0.15) is 0 Å². The molecule has 2 aromatic carbocycles. The van der Waals surface area contributed by atoms with Crippen molar-refractivity contribution in [2.45, 2.75) is 6.42 Å². The molecule has 2 aromatic rings. The number of benzene rings is 2. The minimum absolute atomic E-state index is 0.0494. The molecule has 0 aliphatic rings. The van der Waals surface area contributed by atoms with Crippen molar-refractivity contribution in [3.8, 4) is 11.5 Å². The fourth-order valence-electron chi connectivity index (χ4n) is 1.78. The summed E-state index contributed by atoms with van der Waals surface area (Å²) < 4.78 is 11.9. The minimum Gasteiger partial charge on any atom is -0.493 e. The number of hydrogen-bond donors (Lipinski definition) is 1.